The molecule has 0 fully saturated rings. The Hall–Kier alpha value is -1.93. The van der Waals surface area contributed by atoms with Gasteiger partial charge in [-0.15, -0.1) is 11.3 Å². The molecule has 1 aliphatic rings. The molecule has 6 nitrogen and oxygen atoms in total. The van der Waals surface area contributed by atoms with Crippen molar-refractivity contribution in [3.05, 3.63) is 34.3 Å². The molecular weight excluding hydrogens is 310 g/mol. The third-order valence-electron chi connectivity index (χ3n) is 3.26. The molecule has 2 heterocycles. The summed E-state index contributed by atoms with van der Waals surface area (Å²) in [7, 11) is -3.70. The summed E-state index contributed by atoms with van der Waals surface area (Å²) in [4.78, 5) is 16.6. The number of hydrogen-bond acceptors (Lipinski definition) is 5. The molecule has 2 aromatic rings. The first-order valence-electron chi connectivity index (χ1n) is 6.25. The molecule has 110 valence electrons. The van der Waals surface area contributed by atoms with Crippen molar-refractivity contribution < 1.29 is 13.2 Å². The Morgan fingerprint density at radius 2 is 2.10 bits per heavy atom. The number of fused-ring (bicyclic) bond motifs is 1. The van der Waals surface area contributed by atoms with Crippen molar-refractivity contribution in [2.24, 2.45) is 0 Å². The second kappa shape index (κ2) is 4.81. The van der Waals surface area contributed by atoms with Crippen LogP contribution in [0.4, 0.5) is 10.8 Å². The van der Waals surface area contributed by atoms with E-state index in [0.29, 0.717) is 16.4 Å². The number of sulfonamides is 1. The summed E-state index contributed by atoms with van der Waals surface area (Å²) in [6, 6.07) is 4.59. The van der Waals surface area contributed by atoms with E-state index in [0.717, 1.165) is 10.6 Å². The van der Waals surface area contributed by atoms with Gasteiger partial charge in [0, 0.05) is 10.6 Å². The maximum atomic E-state index is 12.4. The Kier molecular flexibility index (Phi) is 3.22. The molecule has 3 rings (SSSR count). The van der Waals surface area contributed by atoms with E-state index in [1.54, 1.807) is 6.07 Å². The number of nitrogens with one attached hydrogen (secondary N) is 2. The summed E-state index contributed by atoms with van der Waals surface area (Å²) in [5, 5.41) is 3.02. The number of aromatic nitrogens is 1. The summed E-state index contributed by atoms with van der Waals surface area (Å²) in [5.74, 6) is -0.126. The van der Waals surface area contributed by atoms with Gasteiger partial charge in [-0.1, -0.05) is 0 Å². The highest BCUT2D eigenvalue weighted by atomic mass is 32.2. The number of benzene rings is 1. The predicted octanol–water partition coefficient (Wildman–Crippen LogP) is 2.06. The van der Waals surface area contributed by atoms with Gasteiger partial charge in [0.1, 0.15) is 0 Å². The Labute approximate surface area is 126 Å². The van der Waals surface area contributed by atoms with Gasteiger partial charge in [-0.25, -0.2) is 13.4 Å². The van der Waals surface area contributed by atoms with Crippen molar-refractivity contribution in [1.82, 2.24) is 4.98 Å². The average Bonchev–Trinajstić information content (AvgIpc) is 2.90. The van der Waals surface area contributed by atoms with Crippen LogP contribution in [-0.2, 0) is 21.2 Å². The molecule has 0 unspecified atom stereocenters. The van der Waals surface area contributed by atoms with Crippen molar-refractivity contribution in [1.29, 1.82) is 0 Å². The van der Waals surface area contributed by atoms with Crippen LogP contribution in [0.5, 0.6) is 0 Å². The summed E-state index contributed by atoms with van der Waals surface area (Å²) < 4.78 is 27.2. The number of carbonyl (C=O) groups is 1. The van der Waals surface area contributed by atoms with Gasteiger partial charge in [0.2, 0.25) is 5.91 Å². The Bertz CT molecular complexity index is 821. The summed E-state index contributed by atoms with van der Waals surface area (Å²) >= 11 is 1.29. The summed E-state index contributed by atoms with van der Waals surface area (Å²) in [5.41, 5.74) is 2.16. The summed E-state index contributed by atoms with van der Waals surface area (Å²) in [6.45, 7) is 3.72. The lowest BCUT2D eigenvalue weighted by atomic mass is 10.2. The van der Waals surface area contributed by atoms with E-state index in [1.807, 2.05) is 13.8 Å². The van der Waals surface area contributed by atoms with Crippen LogP contribution < -0.4 is 10.0 Å². The smallest absolute Gasteiger partial charge is 0.263 e. The average molecular weight is 323 g/mol. The first-order chi connectivity index (χ1) is 9.85. The molecule has 0 radical (unpaired) electrons. The molecule has 0 saturated carbocycles. The second-order valence-corrected chi connectivity index (χ2v) is 7.70. The zero-order valence-electron chi connectivity index (χ0n) is 11.4. The third-order valence-corrected chi connectivity index (χ3v) is 5.72. The number of hydrogen-bond donors (Lipinski definition) is 2. The van der Waals surface area contributed by atoms with Crippen molar-refractivity contribution in [3.8, 4) is 0 Å². The number of carbonyl (C=O) groups excluding carboxylic acids is 1. The zero-order valence-corrected chi connectivity index (χ0v) is 13.1. The molecule has 21 heavy (non-hydrogen) atoms. The lowest BCUT2D eigenvalue weighted by molar-refractivity contribution is -0.115. The molecule has 0 atom stereocenters. The first-order valence-corrected chi connectivity index (χ1v) is 8.55. The van der Waals surface area contributed by atoms with Crippen LogP contribution in [0.3, 0.4) is 0 Å². The highest BCUT2D eigenvalue weighted by Crippen LogP contribution is 2.28. The molecule has 1 amide bonds. The third kappa shape index (κ3) is 2.64. The zero-order chi connectivity index (χ0) is 15.2. The standard InChI is InChI=1S/C13H13N3O3S2/c1-7-8(2)20-13(14-7)16-21(18,19)10-3-4-11-9(5-10)6-12(17)15-11/h3-5H,6H2,1-2H3,(H,14,16)(H,15,17). The molecule has 0 spiro atoms. The fourth-order valence-electron chi connectivity index (χ4n) is 2.06. The van der Waals surface area contributed by atoms with Crippen LogP contribution in [0.1, 0.15) is 16.1 Å². The van der Waals surface area contributed by atoms with Gasteiger partial charge in [0.25, 0.3) is 10.0 Å². The molecule has 0 bridgehead atoms. The van der Waals surface area contributed by atoms with Crippen LogP contribution in [-0.4, -0.2) is 19.3 Å². The van der Waals surface area contributed by atoms with E-state index in [-0.39, 0.29) is 17.2 Å². The van der Waals surface area contributed by atoms with E-state index in [9.17, 15) is 13.2 Å². The van der Waals surface area contributed by atoms with Crippen LogP contribution in [0, 0.1) is 13.8 Å². The van der Waals surface area contributed by atoms with Crippen molar-refractivity contribution in [2.45, 2.75) is 25.2 Å². The van der Waals surface area contributed by atoms with Gasteiger partial charge in [0.05, 0.1) is 17.0 Å². The van der Waals surface area contributed by atoms with E-state index in [2.05, 4.69) is 15.0 Å². The van der Waals surface area contributed by atoms with Crippen molar-refractivity contribution >= 4 is 38.1 Å². The van der Waals surface area contributed by atoms with Gasteiger partial charge >= 0.3 is 0 Å². The Balaban J connectivity index is 1.92. The normalized spacial score (nSPS) is 13.9. The van der Waals surface area contributed by atoms with Gasteiger partial charge in [-0.2, -0.15) is 0 Å². The molecule has 1 aliphatic heterocycles. The highest BCUT2D eigenvalue weighted by molar-refractivity contribution is 7.93. The fraction of sp³-hybridized carbons (Fsp3) is 0.231. The molecule has 0 saturated heterocycles. The first kappa shape index (κ1) is 14.0. The molecule has 1 aromatic carbocycles. The topological polar surface area (TPSA) is 88.2 Å². The van der Waals surface area contributed by atoms with Crippen molar-refractivity contribution in [3.63, 3.8) is 0 Å². The molecule has 8 heteroatoms. The van der Waals surface area contributed by atoms with Gasteiger partial charge in [0.15, 0.2) is 5.13 Å². The predicted molar refractivity (Wildman–Crippen MR) is 81.2 cm³/mol. The van der Waals surface area contributed by atoms with Crippen LogP contribution in [0.25, 0.3) is 0 Å². The van der Waals surface area contributed by atoms with Crippen LogP contribution >= 0.6 is 11.3 Å². The Morgan fingerprint density at radius 1 is 1.33 bits per heavy atom. The molecular formula is C13H13N3O3S2. The van der Waals surface area contributed by atoms with Crippen molar-refractivity contribution in [2.75, 3.05) is 10.0 Å². The quantitative estimate of drug-likeness (QED) is 0.905. The summed E-state index contributed by atoms with van der Waals surface area (Å²) in [6.07, 6.45) is 0.203. The lowest BCUT2D eigenvalue weighted by Crippen LogP contribution is -2.13. The number of rotatable bonds is 3. The minimum atomic E-state index is -3.70. The maximum absolute atomic E-state index is 12.4. The number of nitrogens with zero attached hydrogens (tertiary/aromatic N) is 1. The van der Waals surface area contributed by atoms with Crippen LogP contribution in [0.2, 0.25) is 0 Å². The Morgan fingerprint density at radius 3 is 2.76 bits per heavy atom. The highest BCUT2D eigenvalue weighted by Gasteiger charge is 2.22. The van der Waals surface area contributed by atoms with Gasteiger partial charge in [-0.3, -0.25) is 9.52 Å². The second-order valence-electron chi connectivity index (χ2n) is 4.81. The largest absolute Gasteiger partial charge is 0.326 e. The molecule has 0 aliphatic carbocycles. The van der Waals surface area contributed by atoms with Crippen LogP contribution in [0.15, 0.2) is 23.1 Å². The maximum Gasteiger partial charge on any atom is 0.263 e. The van der Waals surface area contributed by atoms with E-state index < -0.39 is 10.0 Å². The van der Waals surface area contributed by atoms with E-state index in [4.69, 9.17) is 0 Å². The number of aryl methyl sites for hydroxylation is 2. The van der Waals surface area contributed by atoms with Gasteiger partial charge in [-0.05, 0) is 37.6 Å². The molecule has 2 N–H and O–H groups in total. The number of thiazole rings is 1. The fourth-order valence-corrected chi connectivity index (χ4v) is 4.16. The lowest BCUT2D eigenvalue weighted by Gasteiger charge is -2.06. The number of anilines is 2. The van der Waals surface area contributed by atoms with E-state index in [1.165, 1.54) is 23.5 Å². The number of amides is 1. The van der Waals surface area contributed by atoms with E-state index >= 15 is 0 Å². The molecule has 1 aromatic heterocycles. The minimum absolute atomic E-state index is 0.126. The van der Waals surface area contributed by atoms with Gasteiger partial charge < -0.3 is 5.32 Å². The monoisotopic (exact) mass is 323 g/mol. The SMILES string of the molecule is Cc1nc(NS(=O)(=O)c2ccc3c(c2)CC(=O)N3)sc1C. The minimum Gasteiger partial charge on any atom is -0.326 e.